The summed E-state index contributed by atoms with van der Waals surface area (Å²) in [5.41, 5.74) is 3.18. The molecule has 0 aliphatic rings. The molecular formula is C20H19F2N3O. The van der Waals surface area contributed by atoms with E-state index in [1.54, 1.807) is 36.0 Å². The number of aryl methyl sites for hydroxylation is 2. The summed E-state index contributed by atoms with van der Waals surface area (Å²) in [6, 6.07) is 12.3. The molecule has 0 unspecified atom stereocenters. The molecule has 0 saturated carbocycles. The highest BCUT2D eigenvalue weighted by molar-refractivity contribution is 5.76. The molecule has 1 N–H and O–H groups in total. The first-order chi connectivity index (χ1) is 12.5. The van der Waals surface area contributed by atoms with Gasteiger partial charge < -0.3 is 5.32 Å². The van der Waals surface area contributed by atoms with Gasteiger partial charge >= 0.3 is 0 Å². The van der Waals surface area contributed by atoms with E-state index in [1.807, 2.05) is 6.20 Å². The Bertz CT molecular complexity index is 904. The fourth-order valence-corrected chi connectivity index (χ4v) is 2.76. The summed E-state index contributed by atoms with van der Waals surface area (Å²) in [6.45, 7) is 0.286. The van der Waals surface area contributed by atoms with Gasteiger partial charge in [0.2, 0.25) is 5.91 Å². The lowest BCUT2D eigenvalue weighted by Crippen LogP contribution is -2.23. The highest BCUT2D eigenvalue weighted by atomic mass is 19.1. The molecule has 0 bridgehead atoms. The number of benzene rings is 2. The van der Waals surface area contributed by atoms with Crippen molar-refractivity contribution in [3.63, 3.8) is 0 Å². The molecule has 0 aliphatic heterocycles. The van der Waals surface area contributed by atoms with Gasteiger partial charge in [0.05, 0.1) is 5.69 Å². The quantitative estimate of drug-likeness (QED) is 0.734. The highest BCUT2D eigenvalue weighted by Gasteiger charge is 2.12. The number of aromatic nitrogens is 2. The number of carbonyl (C=O) groups is 1. The van der Waals surface area contributed by atoms with Crippen LogP contribution in [0.3, 0.4) is 0 Å². The van der Waals surface area contributed by atoms with Crippen LogP contribution in [0, 0.1) is 11.6 Å². The van der Waals surface area contributed by atoms with E-state index in [1.165, 1.54) is 24.3 Å². The van der Waals surface area contributed by atoms with Crippen molar-refractivity contribution in [2.75, 3.05) is 0 Å². The Labute approximate surface area is 150 Å². The van der Waals surface area contributed by atoms with E-state index in [0.29, 0.717) is 12.0 Å². The second kappa shape index (κ2) is 7.91. The summed E-state index contributed by atoms with van der Waals surface area (Å²) in [6.07, 6.45) is 2.66. The monoisotopic (exact) mass is 355 g/mol. The second-order valence-corrected chi connectivity index (χ2v) is 6.09. The lowest BCUT2D eigenvalue weighted by Gasteiger charge is -2.06. The summed E-state index contributed by atoms with van der Waals surface area (Å²) in [5.74, 6) is -0.748. The van der Waals surface area contributed by atoms with Gasteiger partial charge in [0.15, 0.2) is 0 Å². The number of nitrogens with one attached hydrogen (secondary N) is 1. The number of carbonyl (C=O) groups excluding carboxylic acids is 1. The Morgan fingerprint density at radius 2 is 1.88 bits per heavy atom. The second-order valence-electron chi connectivity index (χ2n) is 6.09. The molecule has 0 aliphatic carbocycles. The van der Waals surface area contributed by atoms with Crippen molar-refractivity contribution in [2.24, 2.45) is 7.05 Å². The fourth-order valence-electron chi connectivity index (χ4n) is 2.76. The van der Waals surface area contributed by atoms with Crippen molar-refractivity contribution in [2.45, 2.75) is 19.4 Å². The minimum absolute atomic E-state index is 0.122. The van der Waals surface area contributed by atoms with E-state index in [4.69, 9.17) is 0 Å². The van der Waals surface area contributed by atoms with Crippen LogP contribution < -0.4 is 5.32 Å². The van der Waals surface area contributed by atoms with Gasteiger partial charge in [-0.15, -0.1) is 0 Å². The van der Waals surface area contributed by atoms with Gasteiger partial charge in [-0.25, -0.2) is 8.78 Å². The maximum Gasteiger partial charge on any atom is 0.220 e. The number of hydrogen-bond donors (Lipinski definition) is 1. The molecule has 0 saturated heterocycles. The molecule has 3 rings (SSSR count). The minimum atomic E-state index is -0.323. The molecule has 0 atom stereocenters. The zero-order valence-electron chi connectivity index (χ0n) is 14.4. The first kappa shape index (κ1) is 17.8. The van der Waals surface area contributed by atoms with Crippen molar-refractivity contribution in [3.05, 3.63) is 77.5 Å². The van der Waals surface area contributed by atoms with Gasteiger partial charge in [0.25, 0.3) is 0 Å². The normalized spacial score (nSPS) is 10.7. The molecule has 0 spiro atoms. The highest BCUT2D eigenvalue weighted by Crippen LogP contribution is 2.23. The molecule has 0 radical (unpaired) electrons. The Hall–Kier alpha value is -3.02. The molecule has 1 amide bonds. The standard InChI is InChI=1S/C20H19F2N3O/c1-25-13-16(20(24-25)15-5-8-17(21)9-6-15)7-10-19(26)23-12-14-3-2-4-18(22)11-14/h2-6,8-9,11,13H,7,10,12H2,1H3,(H,23,26). The summed E-state index contributed by atoms with van der Waals surface area (Å²) < 4.78 is 27.9. The topological polar surface area (TPSA) is 46.9 Å². The number of hydrogen-bond acceptors (Lipinski definition) is 2. The Balaban J connectivity index is 1.61. The van der Waals surface area contributed by atoms with Crippen molar-refractivity contribution in [1.82, 2.24) is 15.1 Å². The third-order valence-electron chi connectivity index (χ3n) is 4.02. The van der Waals surface area contributed by atoms with Gasteiger partial charge in [-0.05, 0) is 53.9 Å². The van der Waals surface area contributed by atoms with E-state index < -0.39 is 0 Å². The van der Waals surface area contributed by atoms with Crippen LogP contribution in [-0.4, -0.2) is 15.7 Å². The van der Waals surface area contributed by atoms with E-state index >= 15 is 0 Å². The number of amides is 1. The molecular weight excluding hydrogens is 336 g/mol. The van der Waals surface area contributed by atoms with Crippen LogP contribution in [0.4, 0.5) is 8.78 Å². The average molecular weight is 355 g/mol. The molecule has 4 nitrogen and oxygen atoms in total. The van der Waals surface area contributed by atoms with E-state index in [-0.39, 0.29) is 30.5 Å². The molecule has 134 valence electrons. The first-order valence-electron chi connectivity index (χ1n) is 8.31. The summed E-state index contributed by atoms with van der Waals surface area (Å²) in [5, 5.41) is 7.20. The van der Waals surface area contributed by atoms with E-state index in [9.17, 15) is 13.6 Å². The lowest BCUT2D eigenvalue weighted by atomic mass is 10.0. The Morgan fingerprint density at radius 1 is 1.12 bits per heavy atom. The zero-order chi connectivity index (χ0) is 18.5. The molecule has 0 fully saturated rings. The minimum Gasteiger partial charge on any atom is -0.352 e. The first-order valence-corrected chi connectivity index (χ1v) is 8.31. The van der Waals surface area contributed by atoms with Gasteiger partial charge in [-0.2, -0.15) is 5.10 Å². The fraction of sp³-hybridized carbons (Fsp3) is 0.200. The molecule has 1 aromatic heterocycles. The number of rotatable bonds is 6. The third kappa shape index (κ3) is 4.53. The predicted octanol–water partition coefficient (Wildman–Crippen LogP) is 3.61. The maximum absolute atomic E-state index is 13.1. The predicted molar refractivity (Wildman–Crippen MR) is 95.2 cm³/mol. The summed E-state index contributed by atoms with van der Waals surface area (Å²) >= 11 is 0. The Morgan fingerprint density at radius 3 is 2.62 bits per heavy atom. The molecule has 26 heavy (non-hydrogen) atoms. The van der Waals surface area contributed by atoms with Gasteiger partial charge in [-0.1, -0.05) is 12.1 Å². The van der Waals surface area contributed by atoms with Crippen LogP contribution in [0.1, 0.15) is 17.5 Å². The summed E-state index contributed by atoms with van der Waals surface area (Å²) in [7, 11) is 1.81. The van der Waals surface area contributed by atoms with Crippen LogP contribution in [0.25, 0.3) is 11.3 Å². The molecule has 6 heteroatoms. The van der Waals surface area contributed by atoms with Crippen molar-refractivity contribution in [3.8, 4) is 11.3 Å². The number of halogens is 2. The van der Waals surface area contributed by atoms with Crippen LogP contribution in [0.2, 0.25) is 0 Å². The van der Waals surface area contributed by atoms with E-state index in [0.717, 1.165) is 16.8 Å². The number of nitrogens with zero attached hydrogens (tertiary/aromatic N) is 2. The van der Waals surface area contributed by atoms with Crippen LogP contribution >= 0.6 is 0 Å². The van der Waals surface area contributed by atoms with Gasteiger partial charge in [0.1, 0.15) is 11.6 Å². The average Bonchev–Trinajstić information content (AvgIpc) is 2.99. The van der Waals surface area contributed by atoms with Gasteiger partial charge in [0, 0.05) is 31.8 Å². The van der Waals surface area contributed by atoms with Crippen molar-refractivity contribution >= 4 is 5.91 Å². The van der Waals surface area contributed by atoms with Gasteiger partial charge in [-0.3, -0.25) is 9.48 Å². The van der Waals surface area contributed by atoms with Crippen LogP contribution in [-0.2, 0) is 24.8 Å². The maximum atomic E-state index is 13.1. The zero-order valence-corrected chi connectivity index (χ0v) is 14.4. The molecule has 1 heterocycles. The largest absolute Gasteiger partial charge is 0.352 e. The SMILES string of the molecule is Cn1cc(CCC(=O)NCc2cccc(F)c2)c(-c2ccc(F)cc2)n1. The van der Waals surface area contributed by atoms with Crippen LogP contribution in [0.5, 0.6) is 0 Å². The molecule has 3 aromatic rings. The van der Waals surface area contributed by atoms with Crippen molar-refractivity contribution < 1.29 is 13.6 Å². The summed E-state index contributed by atoms with van der Waals surface area (Å²) in [4.78, 5) is 12.1. The smallest absolute Gasteiger partial charge is 0.220 e. The lowest BCUT2D eigenvalue weighted by molar-refractivity contribution is -0.121. The Kier molecular flexibility index (Phi) is 5.41. The van der Waals surface area contributed by atoms with Crippen molar-refractivity contribution in [1.29, 1.82) is 0 Å². The van der Waals surface area contributed by atoms with Crippen LogP contribution in [0.15, 0.2) is 54.7 Å². The van der Waals surface area contributed by atoms with E-state index in [2.05, 4.69) is 10.4 Å². The molecule has 2 aromatic carbocycles. The third-order valence-corrected chi connectivity index (χ3v) is 4.02.